The molecule has 0 saturated carbocycles. The van der Waals surface area contributed by atoms with Gasteiger partial charge in [-0.1, -0.05) is 36.4 Å². The number of hydrogen-bond acceptors (Lipinski definition) is 2. The van der Waals surface area contributed by atoms with E-state index >= 15 is 0 Å². The highest BCUT2D eigenvalue weighted by Gasteiger charge is 2.34. The molecule has 0 saturated heterocycles. The summed E-state index contributed by atoms with van der Waals surface area (Å²) < 4.78 is 38.7. The summed E-state index contributed by atoms with van der Waals surface area (Å²) in [6, 6.07) is 8.33. The fraction of sp³-hybridized carbons (Fsp3) is 0.143. The third kappa shape index (κ3) is 2.34. The van der Waals surface area contributed by atoms with Crippen molar-refractivity contribution >= 4 is 16.8 Å². The van der Waals surface area contributed by atoms with E-state index in [1.165, 1.54) is 0 Å². The molecule has 0 spiro atoms. The Bertz CT molecular complexity index is 630. The van der Waals surface area contributed by atoms with Crippen LogP contribution < -0.4 is 11.7 Å². The zero-order valence-electron chi connectivity index (χ0n) is 10.0. The van der Waals surface area contributed by atoms with E-state index in [0.717, 1.165) is 22.4 Å². The van der Waals surface area contributed by atoms with Crippen molar-refractivity contribution in [1.82, 2.24) is 0 Å². The molecule has 0 aromatic heterocycles. The zero-order valence-corrected chi connectivity index (χ0v) is 10.0. The predicted molar refractivity (Wildman–Crippen MR) is 70.1 cm³/mol. The molecule has 4 N–H and O–H groups in total. The van der Waals surface area contributed by atoms with E-state index in [4.69, 9.17) is 0 Å². The number of alkyl halides is 3. The van der Waals surface area contributed by atoms with Gasteiger partial charge in [0.1, 0.15) is 0 Å². The number of halogens is 3. The minimum atomic E-state index is -4.29. The molecule has 5 heteroatoms. The lowest BCUT2D eigenvalue weighted by Crippen LogP contribution is -2.09. The summed E-state index contributed by atoms with van der Waals surface area (Å²) in [5.41, 5.74) is 0.719. The van der Waals surface area contributed by atoms with E-state index < -0.39 is 11.7 Å². The van der Waals surface area contributed by atoms with Crippen LogP contribution in [0.4, 0.5) is 13.2 Å². The third-order valence-electron chi connectivity index (χ3n) is 3.10. The number of allylic oxidation sites excluding steroid dienone is 1. The summed E-state index contributed by atoms with van der Waals surface area (Å²) in [5.74, 6) is 8.00. The quantitative estimate of drug-likeness (QED) is 0.568. The van der Waals surface area contributed by atoms with Crippen LogP contribution in [-0.2, 0) is 12.6 Å². The Balaban J connectivity index is 0.000000637. The average Bonchev–Trinajstić information content (AvgIpc) is 2.41. The molecular weight excluding hydrogens is 253 g/mol. The first-order valence-corrected chi connectivity index (χ1v) is 5.69. The van der Waals surface area contributed by atoms with Gasteiger partial charge in [0.25, 0.3) is 0 Å². The molecule has 0 fully saturated rings. The Hall–Kier alpha value is -1.85. The summed E-state index contributed by atoms with van der Waals surface area (Å²) in [7, 11) is 0. The maximum absolute atomic E-state index is 12.9. The second-order valence-corrected chi connectivity index (χ2v) is 4.15. The smallest absolute Gasteiger partial charge is 0.274 e. The van der Waals surface area contributed by atoms with Crippen LogP contribution in [0.1, 0.15) is 16.7 Å². The molecule has 1 aliphatic rings. The largest absolute Gasteiger partial charge is 0.417 e. The molecule has 19 heavy (non-hydrogen) atoms. The lowest BCUT2D eigenvalue weighted by Gasteiger charge is -2.17. The average molecular weight is 266 g/mol. The van der Waals surface area contributed by atoms with Gasteiger partial charge in [0.15, 0.2) is 0 Å². The van der Waals surface area contributed by atoms with Crippen LogP contribution >= 0.6 is 0 Å². The van der Waals surface area contributed by atoms with Gasteiger partial charge in [-0.3, -0.25) is 11.7 Å². The monoisotopic (exact) mass is 266 g/mol. The van der Waals surface area contributed by atoms with Crippen molar-refractivity contribution in [3.05, 3.63) is 53.1 Å². The van der Waals surface area contributed by atoms with Gasteiger partial charge in [0, 0.05) is 0 Å². The SMILES string of the molecule is FC(F)(F)c1ccc2cccc3c2c1C=CC3.NN. The van der Waals surface area contributed by atoms with Crippen molar-refractivity contribution in [2.45, 2.75) is 12.6 Å². The first kappa shape index (κ1) is 13.6. The van der Waals surface area contributed by atoms with Gasteiger partial charge in [-0.15, -0.1) is 0 Å². The van der Waals surface area contributed by atoms with Crippen LogP contribution in [0.25, 0.3) is 16.8 Å². The highest BCUT2D eigenvalue weighted by molar-refractivity contribution is 5.96. The fourth-order valence-electron chi connectivity index (χ4n) is 2.38. The number of hydrogen-bond donors (Lipinski definition) is 2. The van der Waals surface area contributed by atoms with Gasteiger partial charge in [-0.25, -0.2) is 0 Å². The number of benzene rings is 2. The molecule has 2 aromatic rings. The van der Waals surface area contributed by atoms with Gasteiger partial charge in [0.2, 0.25) is 0 Å². The molecule has 100 valence electrons. The first-order chi connectivity index (χ1) is 9.07. The molecule has 0 bridgehead atoms. The molecule has 1 aliphatic carbocycles. The summed E-state index contributed by atoms with van der Waals surface area (Å²) in [5, 5.41) is 1.61. The molecule has 2 aromatic carbocycles. The lowest BCUT2D eigenvalue weighted by atomic mass is 9.90. The van der Waals surface area contributed by atoms with Gasteiger partial charge in [-0.2, -0.15) is 13.2 Å². The summed E-state index contributed by atoms with van der Waals surface area (Å²) in [6.07, 6.45) is -0.228. The minimum Gasteiger partial charge on any atom is -0.274 e. The van der Waals surface area contributed by atoms with Crippen LogP contribution in [0.2, 0.25) is 0 Å². The Kier molecular flexibility index (Phi) is 3.59. The van der Waals surface area contributed by atoms with Crippen LogP contribution in [0.3, 0.4) is 0 Å². The molecule has 2 nitrogen and oxygen atoms in total. The predicted octanol–water partition coefficient (Wildman–Crippen LogP) is 3.25. The standard InChI is InChI=1S/C14H9F3.H4N2/c15-14(16,17)12-8-7-10-4-1-3-9-5-2-6-11(12)13(9)10;1-2/h1-4,6-8H,5H2;1-2H2. The molecule has 3 rings (SSSR count). The highest BCUT2D eigenvalue weighted by atomic mass is 19.4. The second kappa shape index (κ2) is 5.03. The maximum Gasteiger partial charge on any atom is 0.417 e. The van der Waals surface area contributed by atoms with Crippen LogP contribution in [-0.4, -0.2) is 0 Å². The van der Waals surface area contributed by atoms with Gasteiger partial charge < -0.3 is 0 Å². The van der Waals surface area contributed by atoms with Crippen LogP contribution in [0.5, 0.6) is 0 Å². The van der Waals surface area contributed by atoms with Gasteiger partial charge in [-0.05, 0) is 34.4 Å². The molecule has 0 radical (unpaired) electrons. The highest BCUT2D eigenvalue weighted by Crippen LogP contribution is 2.38. The van der Waals surface area contributed by atoms with Crippen molar-refractivity contribution in [3.63, 3.8) is 0 Å². The van der Waals surface area contributed by atoms with E-state index in [1.54, 1.807) is 18.2 Å². The van der Waals surface area contributed by atoms with Crippen molar-refractivity contribution < 1.29 is 13.2 Å². The second-order valence-electron chi connectivity index (χ2n) is 4.15. The van der Waals surface area contributed by atoms with E-state index in [-0.39, 0.29) is 0 Å². The van der Waals surface area contributed by atoms with Gasteiger partial charge >= 0.3 is 6.18 Å². The van der Waals surface area contributed by atoms with E-state index in [9.17, 15) is 13.2 Å². The summed E-state index contributed by atoms with van der Waals surface area (Å²) in [4.78, 5) is 0. The van der Waals surface area contributed by atoms with Crippen LogP contribution in [0.15, 0.2) is 36.4 Å². The Morgan fingerprint density at radius 2 is 1.74 bits per heavy atom. The molecule has 0 heterocycles. The Morgan fingerprint density at radius 3 is 2.42 bits per heavy atom. The summed E-state index contributed by atoms with van der Waals surface area (Å²) in [6.45, 7) is 0. The minimum absolute atomic E-state index is 0.303. The third-order valence-corrected chi connectivity index (χ3v) is 3.10. The van der Waals surface area contributed by atoms with Crippen molar-refractivity contribution in [1.29, 1.82) is 0 Å². The zero-order chi connectivity index (χ0) is 14.0. The molecule has 0 amide bonds. The van der Waals surface area contributed by atoms with E-state index in [1.807, 2.05) is 18.2 Å². The van der Waals surface area contributed by atoms with E-state index in [0.29, 0.717) is 12.0 Å². The van der Waals surface area contributed by atoms with Crippen molar-refractivity contribution in [3.8, 4) is 0 Å². The molecular formula is C14H13F3N2. The topological polar surface area (TPSA) is 52.0 Å². The Morgan fingerprint density at radius 1 is 1.00 bits per heavy atom. The van der Waals surface area contributed by atoms with Crippen molar-refractivity contribution in [2.75, 3.05) is 0 Å². The number of rotatable bonds is 0. The fourth-order valence-corrected chi connectivity index (χ4v) is 2.38. The number of hydrazine groups is 1. The molecule has 0 aliphatic heterocycles. The first-order valence-electron chi connectivity index (χ1n) is 5.69. The van der Waals surface area contributed by atoms with Crippen molar-refractivity contribution in [2.24, 2.45) is 11.7 Å². The van der Waals surface area contributed by atoms with Gasteiger partial charge in [0.05, 0.1) is 5.56 Å². The lowest BCUT2D eigenvalue weighted by molar-refractivity contribution is -0.137. The van der Waals surface area contributed by atoms with E-state index in [2.05, 4.69) is 11.7 Å². The Labute approximate surface area is 108 Å². The normalized spacial score (nSPS) is 13.1. The maximum atomic E-state index is 12.9. The van der Waals surface area contributed by atoms with Crippen LogP contribution in [0, 0.1) is 0 Å². The molecule has 0 atom stereocenters. The molecule has 0 unspecified atom stereocenters. The summed E-state index contributed by atoms with van der Waals surface area (Å²) >= 11 is 0. The number of nitrogens with two attached hydrogens (primary N) is 2.